The molecule has 0 fully saturated rings. The van der Waals surface area contributed by atoms with Crippen molar-refractivity contribution in [3.05, 3.63) is 96.1 Å². The van der Waals surface area contributed by atoms with E-state index in [0.29, 0.717) is 0 Å². The molecule has 0 N–H and O–H groups in total. The van der Waals surface area contributed by atoms with Crippen molar-refractivity contribution in [2.75, 3.05) is 0 Å². The van der Waals surface area contributed by atoms with Crippen molar-refractivity contribution in [1.82, 2.24) is 8.80 Å². The van der Waals surface area contributed by atoms with Crippen molar-refractivity contribution in [2.45, 2.75) is 52.4 Å². The van der Waals surface area contributed by atoms with E-state index in [9.17, 15) is 0 Å². The lowest BCUT2D eigenvalue weighted by Gasteiger charge is -2.19. The quantitative estimate of drug-likeness (QED) is 0.189. The summed E-state index contributed by atoms with van der Waals surface area (Å²) in [6.07, 6.45) is 0. The van der Waals surface area contributed by atoms with Gasteiger partial charge >= 0.3 is 0 Å². The highest BCUT2D eigenvalue weighted by Crippen LogP contribution is 2.52. The first kappa shape index (κ1) is 22.5. The Bertz CT molecular complexity index is 2310. The molecule has 5 aromatic carbocycles. The molecule has 0 aliphatic rings. The molecule has 194 valence electrons. The van der Waals surface area contributed by atoms with E-state index in [1.165, 1.54) is 87.3 Å². The van der Waals surface area contributed by atoms with Crippen molar-refractivity contribution in [3.8, 4) is 0 Å². The molecule has 0 aliphatic carbocycles. The Balaban J connectivity index is 1.70. The van der Waals surface area contributed by atoms with Crippen LogP contribution in [0.5, 0.6) is 0 Å². The molecule has 2 nitrogen and oxygen atoms in total. The van der Waals surface area contributed by atoms with Crippen LogP contribution in [0.25, 0.3) is 76.2 Å². The molecule has 0 unspecified atom stereocenters. The molecule has 9 aromatic rings. The third-order valence-corrected chi connectivity index (χ3v) is 9.47. The van der Waals surface area contributed by atoms with Crippen LogP contribution < -0.4 is 0 Å². The fraction of sp³-hybridized carbons (Fsp3) is 0.211. The zero-order valence-corrected chi connectivity index (χ0v) is 24.0. The van der Waals surface area contributed by atoms with E-state index in [1.807, 2.05) is 0 Å². The van der Waals surface area contributed by atoms with E-state index in [4.69, 9.17) is 0 Å². The second-order valence-electron chi connectivity index (χ2n) is 13.9. The van der Waals surface area contributed by atoms with Gasteiger partial charge in [0.1, 0.15) is 0 Å². The summed E-state index contributed by atoms with van der Waals surface area (Å²) in [7, 11) is 0. The van der Waals surface area contributed by atoms with Gasteiger partial charge in [-0.15, -0.1) is 0 Å². The van der Waals surface area contributed by atoms with E-state index < -0.39 is 0 Å². The smallest absolute Gasteiger partial charge is 0.0634 e. The average Bonchev–Trinajstić information content (AvgIpc) is 3.63. The van der Waals surface area contributed by atoms with E-state index >= 15 is 0 Å². The van der Waals surface area contributed by atoms with Gasteiger partial charge < -0.3 is 8.80 Å². The largest absolute Gasteiger partial charge is 0.308 e. The first-order valence-electron chi connectivity index (χ1n) is 14.5. The van der Waals surface area contributed by atoms with Gasteiger partial charge in [-0.05, 0) is 58.4 Å². The van der Waals surface area contributed by atoms with Gasteiger partial charge in [0, 0.05) is 43.1 Å². The number of benzene rings is 5. The summed E-state index contributed by atoms with van der Waals surface area (Å²) in [6.45, 7) is 13.9. The second-order valence-corrected chi connectivity index (χ2v) is 13.9. The standard InChI is InChI=1S/C38H32N2/c1-37(2,3)21-15-17-29-25(19-21)33-34-26-20-22(38(4,5)6)16-18-30(26)40-28-14-10-8-12-24(28)32(36(34)40)31-23-11-7-9-13-27(23)39(29)35(31)33/h7-20H,1-6H3. The molecule has 0 radical (unpaired) electrons. The maximum Gasteiger partial charge on any atom is 0.0634 e. The van der Waals surface area contributed by atoms with Gasteiger partial charge in [0.25, 0.3) is 0 Å². The van der Waals surface area contributed by atoms with Crippen LogP contribution >= 0.6 is 0 Å². The molecule has 0 saturated carbocycles. The summed E-state index contributed by atoms with van der Waals surface area (Å²) < 4.78 is 5.10. The zero-order valence-electron chi connectivity index (χ0n) is 24.0. The van der Waals surface area contributed by atoms with Crippen LogP contribution in [-0.4, -0.2) is 8.80 Å². The number of hydrogen-bond donors (Lipinski definition) is 0. The van der Waals surface area contributed by atoms with Crippen LogP contribution in [0.1, 0.15) is 52.7 Å². The van der Waals surface area contributed by atoms with Crippen molar-refractivity contribution in [3.63, 3.8) is 0 Å². The summed E-state index contributed by atoms with van der Waals surface area (Å²) in [5.74, 6) is 0. The molecule has 0 bridgehead atoms. The predicted octanol–water partition coefficient (Wildman–Crippen LogP) is 10.6. The topological polar surface area (TPSA) is 8.82 Å². The number of para-hydroxylation sites is 2. The molecule has 2 heteroatoms. The van der Waals surface area contributed by atoms with E-state index in [1.54, 1.807) is 0 Å². The van der Waals surface area contributed by atoms with Crippen molar-refractivity contribution >= 4 is 76.2 Å². The van der Waals surface area contributed by atoms with Crippen molar-refractivity contribution in [1.29, 1.82) is 0 Å². The molecule has 0 amide bonds. The van der Waals surface area contributed by atoms with Gasteiger partial charge in [0.05, 0.1) is 33.1 Å². The fourth-order valence-corrected chi connectivity index (χ4v) is 7.52. The lowest BCUT2D eigenvalue weighted by Crippen LogP contribution is -2.10. The monoisotopic (exact) mass is 516 g/mol. The van der Waals surface area contributed by atoms with Crippen LogP contribution in [0.2, 0.25) is 0 Å². The number of aromatic nitrogens is 2. The lowest BCUT2D eigenvalue weighted by atomic mass is 9.85. The average molecular weight is 517 g/mol. The van der Waals surface area contributed by atoms with E-state index in [0.717, 1.165) is 0 Å². The third kappa shape index (κ3) is 2.51. The highest BCUT2D eigenvalue weighted by molar-refractivity contribution is 6.45. The second kappa shape index (κ2) is 6.88. The lowest BCUT2D eigenvalue weighted by molar-refractivity contribution is 0.591. The Morgan fingerprint density at radius 3 is 1.15 bits per heavy atom. The molecule has 0 atom stereocenters. The Labute approximate surface area is 233 Å². The molecule has 4 heterocycles. The Kier molecular flexibility index (Phi) is 3.87. The molecule has 9 rings (SSSR count). The number of hydrogen-bond acceptors (Lipinski definition) is 0. The molecular weight excluding hydrogens is 484 g/mol. The molecule has 0 saturated heterocycles. The van der Waals surface area contributed by atoms with Crippen LogP contribution in [0.15, 0.2) is 84.9 Å². The highest BCUT2D eigenvalue weighted by Gasteiger charge is 2.29. The molecule has 40 heavy (non-hydrogen) atoms. The minimum absolute atomic E-state index is 0.0735. The Morgan fingerprint density at radius 2 is 0.750 bits per heavy atom. The van der Waals surface area contributed by atoms with Gasteiger partial charge in [-0.25, -0.2) is 0 Å². The van der Waals surface area contributed by atoms with Gasteiger partial charge in [-0.1, -0.05) is 90.1 Å². The summed E-state index contributed by atoms with van der Waals surface area (Å²) in [5, 5.41) is 11.0. The maximum absolute atomic E-state index is 2.55. The number of fused-ring (bicyclic) bond motifs is 14. The van der Waals surface area contributed by atoms with Gasteiger partial charge in [-0.2, -0.15) is 0 Å². The number of nitrogens with zero attached hydrogens (tertiary/aromatic N) is 2. The van der Waals surface area contributed by atoms with Crippen molar-refractivity contribution in [2.24, 2.45) is 0 Å². The first-order chi connectivity index (χ1) is 19.1. The molecule has 4 aromatic heterocycles. The van der Waals surface area contributed by atoms with Gasteiger partial charge in [-0.3, -0.25) is 0 Å². The highest BCUT2D eigenvalue weighted by atomic mass is 14.9. The van der Waals surface area contributed by atoms with E-state index in [-0.39, 0.29) is 10.8 Å². The first-order valence-corrected chi connectivity index (χ1v) is 14.5. The Morgan fingerprint density at radius 1 is 0.400 bits per heavy atom. The van der Waals surface area contributed by atoms with Crippen molar-refractivity contribution < 1.29 is 0 Å². The fourth-order valence-electron chi connectivity index (χ4n) is 7.52. The summed E-state index contributed by atoms with van der Waals surface area (Å²) in [4.78, 5) is 0. The van der Waals surface area contributed by atoms with E-state index in [2.05, 4.69) is 135 Å². The van der Waals surface area contributed by atoms with Gasteiger partial charge in [0.15, 0.2) is 0 Å². The molecule has 0 aliphatic heterocycles. The van der Waals surface area contributed by atoms with Crippen LogP contribution in [0.4, 0.5) is 0 Å². The van der Waals surface area contributed by atoms with Crippen LogP contribution in [-0.2, 0) is 10.8 Å². The SMILES string of the molecule is CC(C)(C)c1ccc2c(c1)c1c3c4cc(C(C)(C)C)ccc4n4c5ccccc5c(c5c6ccccc6n2c51)c34. The molecular formula is C38H32N2. The van der Waals surface area contributed by atoms with Gasteiger partial charge in [0.2, 0.25) is 0 Å². The third-order valence-electron chi connectivity index (χ3n) is 9.47. The predicted molar refractivity (Wildman–Crippen MR) is 173 cm³/mol. The Hall–Kier alpha value is -4.30. The summed E-state index contributed by atoms with van der Waals surface area (Å²) in [5.41, 5.74) is 10.8. The minimum Gasteiger partial charge on any atom is -0.308 e. The minimum atomic E-state index is 0.0735. The number of rotatable bonds is 0. The normalized spacial score (nSPS) is 13.8. The summed E-state index contributed by atoms with van der Waals surface area (Å²) in [6, 6.07) is 32.4. The summed E-state index contributed by atoms with van der Waals surface area (Å²) >= 11 is 0. The maximum atomic E-state index is 2.55. The van der Waals surface area contributed by atoms with Crippen LogP contribution in [0.3, 0.4) is 0 Å². The zero-order chi connectivity index (χ0) is 27.3. The molecule has 0 spiro atoms. The van der Waals surface area contributed by atoms with Crippen LogP contribution in [0, 0.1) is 0 Å².